The molecule has 0 unspecified atom stereocenters. The van der Waals surface area contributed by atoms with E-state index in [4.69, 9.17) is 4.74 Å². The van der Waals surface area contributed by atoms with E-state index in [0.29, 0.717) is 19.1 Å². The minimum atomic E-state index is 0.0262. The van der Waals surface area contributed by atoms with Crippen molar-refractivity contribution in [1.29, 1.82) is 0 Å². The van der Waals surface area contributed by atoms with E-state index >= 15 is 0 Å². The summed E-state index contributed by atoms with van der Waals surface area (Å²) in [5.74, 6) is 1.28. The first-order valence-corrected chi connectivity index (χ1v) is 8.80. The van der Waals surface area contributed by atoms with E-state index in [1.165, 1.54) is 5.56 Å². The molecule has 1 aliphatic rings. The normalized spacial score (nSPS) is 18.3. The smallest absolute Gasteiger partial charge is 0.240 e. The number of amides is 1. The van der Waals surface area contributed by atoms with Crippen LogP contribution in [0.3, 0.4) is 0 Å². The summed E-state index contributed by atoms with van der Waals surface area (Å²) in [6, 6.07) is 18.5. The van der Waals surface area contributed by atoms with Crippen molar-refractivity contribution in [3.63, 3.8) is 0 Å². The Balaban J connectivity index is 1.26. The molecular weight excluding hydrogens is 326 g/mol. The van der Waals surface area contributed by atoms with Gasteiger partial charge in [0, 0.05) is 24.4 Å². The van der Waals surface area contributed by atoms with Gasteiger partial charge in [0.1, 0.15) is 18.9 Å². The Morgan fingerprint density at radius 1 is 1.15 bits per heavy atom. The molecular formula is C21H21N3O2. The van der Waals surface area contributed by atoms with Gasteiger partial charge in [-0.25, -0.2) is 4.98 Å². The monoisotopic (exact) mass is 347 g/mol. The Bertz CT molecular complexity index is 845. The van der Waals surface area contributed by atoms with E-state index in [9.17, 15) is 4.79 Å². The number of ether oxygens (including phenoxy) is 1. The van der Waals surface area contributed by atoms with E-state index in [1.807, 2.05) is 30.3 Å². The summed E-state index contributed by atoms with van der Waals surface area (Å²) in [6.07, 6.45) is 6.10. The molecule has 26 heavy (non-hydrogen) atoms. The Morgan fingerprint density at radius 2 is 1.96 bits per heavy atom. The summed E-state index contributed by atoms with van der Waals surface area (Å²) in [5.41, 5.74) is 2.39. The number of aromatic nitrogens is 2. The first-order valence-electron chi connectivity index (χ1n) is 8.80. The summed E-state index contributed by atoms with van der Waals surface area (Å²) in [4.78, 5) is 16.0. The average molecular weight is 347 g/mol. The van der Waals surface area contributed by atoms with Crippen LogP contribution in [0.15, 0.2) is 73.3 Å². The molecule has 1 aromatic heterocycles. The van der Waals surface area contributed by atoms with E-state index in [2.05, 4.69) is 34.6 Å². The first-order chi connectivity index (χ1) is 12.8. The third-order valence-corrected chi connectivity index (χ3v) is 4.58. The van der Waals surface area contributed by atoms with Crippen molar-refractivity contribution in [2.45, 2.75) is 31.5 Å². The fraction of sp³-hybridized carbons (Fsp3) is 0.238. The zero-order chi connectivity index (χ0) is 17.8. The Hall–Kier alpha value is -3.08. The van der Waals surface area contributed by atoms with Gasteiger partial charge in [-0.3, -0.25) is 4.79 Å². The number of carbonyl (C=O) groups excluding carboxylic acids is 1. The van der Waals surface area contributed by atoms with Gasteiger partial charge in [0.15, 0.2) is 0 Å². The molecule has 5 heteroatoms. The molecule has 4 rings (SSSR count). The number of nitrogens with zero attached hydrogens (tertiary/aromatic N) is 2. The number of hydrogen-bond donors (Lipinski definition) is 1. The second kappa shape index (κ2) is 7.44. The maximum Gasteiger partial charge on any atom is 0.240 e. The van der Waals surface area contributed by atoms with Gasteiger partial charge in [0.05, 0.1) is 6.33 Å². The van der Waals surface area contributed by atoms with Crippen molar-refractivity contribution in [3.8, 4) is 5.75 Å². The fourth-order valence-electron chi connectivity index (χ4n) is 3.07. The molecule has 1 saturated carbocycles. The largest absolute Gasteiger partial charge is 0.489 e. The van der Waals surface area contributed by atoms with Crippen molar-refractivity contribution in [2.75, 3.05) is 0 Å². The molecule has 0 saturated heterocycles. The zero-order valence-corrected chi connectivity index (χ0v) is 14.4. The van der Waals surface area contributed by atoms with Crippen molar-refractivity contribution in [2.24, 2.45) is 0 Å². The number of imidazole rings is 1. The average Bonchev–Trinajstić information content (AvgIpc) is 3.23. The number of nitrogens with one attached hydrogen (secondary N) is 1. The lowest BCUT2D eigenvalue weighted by Crippen LogP contribution is -2.29. The third kappa shape index (κ3) is 4.11. The molecule has 0 bridgehead atoms. The Kier molecular flexibility index (Phi) is 4.69. The van der Waals surface area contributed by atoms with Crippen LogP contribution in [0.2, 0.25) is 0 Å². The Labute approximate surface area is 152 Å². The second-order valence-electron chi connectivity index (χ2n) is 6.59. The molecule has 132 valence electrons. The van der Waals surface area contributed by atoms with Gasteiger partial charge in [0.2, 0.25) is 5.91 Å². The molecule has 0 radical (unpaired) electrons. The number of carbonyl (C=O) groups is 1. The number of rotatable bonds is 7. The Morgan fingerprint density at radius 3 is 2.69 bits per heavy atom. The van der Waals surface area contributed by atoms with Gasteiger partial charge in [0.25, 0.3) is 0 Å². The minimum Gasteiger partial charge on any atom is -0.489 e. The molecule has 2 aromatic carbocycles. The lowest BCUT2D eigenvalue weighted by atomic mass is 10.1. The summed E-state index contributed by atoms with van der Waals surface area (Å²) < 4.78 is 7.59. The molecule has 0 spiro atoms. The predicted molar refractivity (Wildman–Crippen MR) is 98.7 cm³/mol. The quantitative estimate of drug-likeness (QED) is 0.714. The maximum absolute atomic E-state index is 12.0. The molecule has 5 nitrogen and oxygen atoms in total. The summed E-state index contributed by atoms with van der Waals surface area (Å²) >= 11 is 0. The lowest BCUT2D eigenvalue weighted by Gasteiger charge is -2.08. The minimum absolute atomic E-state index is 0.0262. The van der Waals surface area contributed by atoms with Gasteiger partial charge in [-0.2, -0.15) is 0 Å². The van der Waals surface area contributed by atoms with E-state index in [0.717, 1.165) is 17.7 Å². The van der Waals surface area contributed by atoms with Crippen LogP contribution in [-0.4, -0.2) is 21.5 Å². The maximum atomic E-state index is 12.0. The van der Waals surface area contributed by atoms with E-state index in [-0.39, 0.29) is 11.9 Å². The van der Waals surface area contributed by atoms with Crippen molar-refractivity contribution in [3.05, 3.63) is 84.4 Å². The van der Waals surface area contributed by atoms with Gasteiger partial charge in [-0.15, -0.1) is 0 Å². The van der Waals surface area contributed by atoms with Crippen LogP contribution in [0.4, 0.5) is 0 Å². The highest BCUT2D eigenvalue weighted by Gasteiger charge is 2.39. The summed E-state index contributed by atoms with van der Waals surface area (Å²) in [7, 11) is 0. The fourth-order valence-corrected chi connectivity index (χ4v) is 3.07. The lowest BCUT2D eigenvalue weighted by molar-refractivity contribution is -0.121. The van der Waals surface area contributed by atoms with Crippen LogP contribution in [-0.2, 0) is 17.9 Å². The van der Waals surface area contributed by atoms with Gasteiger partial charge >= 0.3 is 0 Å². The van der Waals surface area contributed by atoms with Crippen LogP contribution in [0, 0.1) is 0 Å². The van der Waals surface area contributed by atoms with Gasteiger partial charge in [-0.1, -0.05) is 42.5 Å². The highest BCUT2D eigenvalue weighted by atomic mass is 16.5. The zero-order valence-electron chi connectivity index (χ0n) is 14.4. The SMILES string of the molecule is O=C(Cn1ccnc1)N[C@@H]1C[C@H]1c1ccc(OCc2ccccc2)cc1. The number of benzene rings is 2. The van der Waals surface area contributed by atoms with Crippen molar-refractivity contribution in [1.82, 2.24) is 14.9 Å². The molecule has 1 N–H and O–H groups in total. The molecule has 1 amide bonds. The molecule has 1 aliphatic carbocycles. The predicted octanol–water partition coefficient (Wildman–Crippen LogP) is 3.13. The van der Waals surface area contributed by atoms with Crippen LogP contribution >= 0.6 is 0 Å². The van der Waals surface area contributed by atoms with Crippen LogP contribution in [0.25, 0.3) is 0 Å². The van der Waals surface area contributed by atoms with E-state index in [1.54, 1.807) is 23.3 Å². The first kappa shape index (κ1) is 16.4. The second-order valence-corrected chi connectivity index (χ2v) is 6.59. The van der Waals surface area contributed by atoms with E-state index < -0.39 is 0 Å². The number of hydrogen-bond acceptors (Lipinski definition) is 3. The van der Waals surface area contributed by atoms with Gasteiger partial charge < -0.3 is 14.6 Å². The molecule has 3 aromatic rings. The third-order valence-electron chi connectivity index (χ3n) is 4.58. The highest BCUT2D eigenvalue weighted by molar-refractivity contribution is 5.76. The van der Waals surface area contributed by atoms with Gasteiger partial charge in [-0.05, 0) is 29.7 Å². The molecule has 2 atom stereocenters. The highest BCUT2D eigenvalue weighted by Crippen LogP contribution is 2.41. The van der Waals surface area contributed by atoms with Crippen LogP contribution in [0.1, 0.15) is 23.5 Å². The summed E-state index contributed by atoms with van der Waals surface area (Å²) in [5, 5.41) is 3.08. The van der Waals surface area contributed by atoms with Crippen LogP contribution < -0.4 is 10.1 Å². The summed E-state index contributed by atoms with van der Waals surface area (Å²) in [6.45, 7) is 0.881. The van der Waals surface area contributed by atoms with Crippen LogP contribution in [0.5, 0.6) is 5.75 Å². The standard InChI is InChI=1S/C21H21N3O2/c25-21(13-24-11-10-22-15-24)23-20-12-19(20)17-6-8-18(9-7-17)26-14-16-4-2-1-3-5-16/h1-11,15,19-20H,12-14H2,(H,23,25)/t19-,20+/m0/s1. The molecule has 1 heterocycles. The van der Waals surface area contributed by atoms with Crippen molar-refractivity contribution < 1.29 is 9.53 Å². The molecule has 0 aliphatic heterocycles. The molecule has 1 fully saturated rings. The van der Waals surface area contributed by atoms with Crippen molar-refractivity contribution >= 4 is 5.91 Å². The topological polar surface area (TPSA) is 56.2 Å².